The number of nitro benzene ring substituents is 1. The maximum atomic E-state index is 13.1. The molecule has 0 spiro atoms. The van der Waals surface area contributed by atoms with E-state index in [0.29, 0.717) is 25.3 Å². The van der Waals surface area contributed by atoms with Gasteiger partial charge < -0.3 is 10.2 Å². The normalized spacial score (nSPS) is 11.6. The van der Waals surface area contributed by atoms with Crippen LogP contribution in [0.3, 0.4) is 0 Å². The first-order valence-electron chi connectivity index (χ1n) is 10.3. The summed E-state index contributed by atoms with van der Waals surface area (Å²) in [5.41, 5.74) is 3.04. The molecule has 2 rings (SSSR count). The number of likely N-dealkylation sites (N-methyl/N-ethyl adjacent to an activating group) is 1. The Bertz CT molecular complexity index is 902. The van der Waals surface area contributed by atoms with Crippen molar-refractivity contribution >= 4 is 29.3 Å². The van der Waals surface area contributed by atoms with Crippen LogP contribution in [-0.4, -0.2) is 40.0 Å². The molecule has 0 aromatic heterocycles. The Hall–Kier alpha value is -2.87. The number of carbonyl (C=O) groups excluding carboxylic acids is 2. The third-order valence-corrected chi connectivity index (χ3v) is 5.97. The summed E-state index contributed by atoms with van der Waals surface area (Å²) in [5, 5.41) is 13.6. The van der Waals surface area contributed by atoms with Gasteiger partial charge in [0.15, 0.2) is 0 Å². The minimum absolute atomic E-state index is 0.0435. The van der Waals surface area contributed by atoms with Crippen molar-refractivity contribution in [3.05, 3.63) is 75.3 Å². The van der Waals surface area contributed by atoms with Crippen LogP contribution in [0, 0.1) is 17.0 Å². The summed E-state index contributed by atoms with van der Waals surface area (Å²) in [7, 11) is 0. The number of carbonyl (C=O) groups is 2. The molecule has 0 fully saturated rings. The van der Waals surface area contributed by atoms with E-state index in [9.17, 15) is 19.7 Å². The summed E-state index contributed by atoms with van der Waals surface area (Å²) in [6, 6.07) is 13.6. The van der Waals surface area contributed by atoms with Gasteiger partial charge in [-0.3, -0.25) is 19.7 Å². The average molecular weight is 444 g/mol. The molecule has 0 saturated carbocycles. The Labute approximate surface area is 187 Å². The smallest absolute Gasteiger partial charge is 0.269 e. The zero-order chi connectivity index (χ0) is 22.8. The molecule has 1 atom stereocenters. The Morgan fingerprint density at radius 2 is 1.81 bits per heavy atom. The van der Waals surface area contributed by atoms with Crippen LogP contribution in [0.25, 0.3) is 0 Å². The molecule has 7 nitrogen and oxygen atoms in total. The maximum Gasteiger partial charge on any atom is 0.269 e. The van der Waals surface area contributed by atoms with E-state index in [1.54, 1.807) is 17.0 Å². The first kappa shape index (κ1) is 24.4. The van der Waals surface area contributed by atoms with Crippen LogP contribution in [0.2, 0.25) is 0 Å². The van der Waals surface area contributed by atoms with Gasteiger partial charge in [-0.05, 0) is 37.0 Å². The number of thioether (sulfide) groups is 1. The Morgan fingerprint density at radius 3 is 2.39 bits per heavy atom. The van der Waals surface area contributed by atoms with Gasteiger partial charge in [-0.25, -0.2) is 0 Å². The van der Waals surface area contributed by atoms with Gasteiger partial charge >= 0.3 is 0 Å². The van der Waals surface area contributed by atoms with Crippen molar-refractivity contribution in [2.24, 2.45) is 0 Å². The standard InChI is InChI=1S/C23H29N3O4S/c1-4-21(23(28)24-5-2)25(14-19-9-7-6-8-17(19)3)22(27)16-31-15-18-10-12-20(13-11-18)26(29)30/h6-13,21H,4-5,14-16H2,1-3H3,(H,24,28)/t21-/m0/s1. The van der Waals surface area contributed by atoms with Crippen LogP contribution < -0.4 is 5.32 Å². The third kappa shape index (κ3) is 7.10. The number of nitrogens with zero attached hydrogens (tertiary/aromatic N) is 2. The summed E-state index contributed by atoms with van der Waals surface area (Å²) in [6.45, 7) is 6.64. The van der Waals surface area contributed by atoms with Crippen molar-refractivity contribution in [3.63, 3.8) is 0 Å². The first-order valence-corrected chi connectivity index (χ1v) is 11.5. The second kappa shape index (κ2) is 12.1. The van der Waals surface area contributed by atoms with Crippen molar-refractivity contribution in [1.29, 1.82) is 0 Å². The summed E-state index contributed by atoms with van der Waals surface area (Å²) in [5.74, 6) is 0.527. The van der Waals surface area contributed by atoms with Gasteiger partial charge in [0.1, 0.15) is 6.04 Å². The first-order chi connectivity index (χ1) is 14.9. The highest BCUT2D eigenvalue weighted by atomic mass is 32.2. The molecule has 166 valence electrons. The lowest BCUT2D eigenvalue weighted by molar-refractivity contribution is -0.384. The van der Waals surface area contributed by atoms with Crippen LogP contribution in [0.1, 0.15) is 37.0 Å². The van der Waals surface area contributed by atoms with E-state index in [1.807, 2.05) is 45.0 Å². The molecule has 2 aromatic rings. The minimum atomic E-state index is -0.535. The minimum Gasteiger partial charge on any atom is -0.355 e. The Morgan fingerprint density at radius 1 is 1.13 bits per heavy atom. The van der Waals surface area contributed by atoms with Crippen LogP contribution in [0.15, 0.2) is 48.5 Å². The molecule has 2 aromatic carbocycles. The summed E-state index contributed by atoms with van der Waals surface area (Å²) >= 11 is 1.43. The molecule has 0 aliphatic carbocycles. The number of nitro groups is 1. The zero-order valence-electron chi connectivity index (χ0n) is 18.2. The van der Waals surface area contributed by atoms with E-state index in [-0.39, 0.29) is 23.3 Å². The van der Waals surface area contributed by atoms with Gasteiger partial charge in [0.25, 0.3) is 5.69 Å². The van der Waals surface area contributed by atoms with E-state index < -0.39 is 11.0 Å². The van der Waals surface area contributed by atoms with Gasteiger partial charge in [-0.15, -0.1) is 11.8 Å². The molecule has 0 aliphatic heterocycles. The summed E-state index contributed by atoms with van der Waals surface area (Å²) < 4.78 is 0. The van der Waals surface area contributed by atoms with E-state index >= 15 is 0 Å². The molecule has 31 heavy (non-hydrogen) atoms. The Balaban J connectivity index is 2.10. The number of hydrogen-bond donors (Lipinski definition) is 1. The van der Waals surface area contributed by atoms with Gasteiger partial charge in [-0.1, -0.05) is 43.3 Å². The lowest BCUT2D eigenvalue weighted by Gasteiger charge is -2.31. The van der Waals surface area contributed by atoms with Crippen LogP contribution in [0.5, 0.6) is 0 Å². The molecule has 0 unspecified atom stereocenters. The fourth-order valence-electron chi connectivity index (χ4n) is 3.24. The van der Waals surface area contributed by atoms with Gasteiger partial charge in [0, 0.05) is 31.0 Å². The van der Waals surface area contributed by atoms with Gasteiger partial charge in [0.05, 0.1) is 10.7 Å². The second-order valence-corrected chi connectivity index (χ2v) is 8.17. The predicted octanol–water partition coefficient (Wildman–Crippen LogP) is 4.08. The quantitative estimate of drug-likeness (QED) is 0.417. The Kier molecular flexibility index (Phi) is 9.52. The molecular weight excluding hydrogens is 414 g/mol. The van der Waals surface area contributed by atoms with Gasteiger partial charge in [-0.2, -0.15) is 0 Å². The molecule has 0 aliphatic rings. The van der Waals surface area contributed by atoms with Crippen LogP contribution in [0.4, 0.5) is 5.69 Å². The molecule has 0 bridgehead atoms. The highest BCUT2D eigenvalue weighted by Gasteiger charge is 2.28. The van der Waals surface area contributed by atoms with Crippen LogP contribution >= 0.6 is 11.8 Å². The molecule has 1 N–H and O–H groups in total. The summed E-state index contributed by atoms with van der Waals surface area (Å²) in [4.78, 5) is 37.8. The van der Waals surface area contributed by atoms with Crippen molar-refractivity contribution in [2.45, 2.75) is 45.5 Å². The molecule has 8 heteroatoms. The topological polar surface area (TPSA) is 92.6 Å². The lowest BCUT2D eigenvalue weighted by Crippen LogP contribution is -2.49. The van der Waals surface area contributed by atoms with Crippen molar-refractivity contribution < 1.29 is 14.5 Å². The van der Waals surface area contributed by atoms with E-state index in [0.717, 1.165) is 16.7 Å². The van der Waals surface area contributed by atoms with Gasteiger partial charge in [0.2, 0.25) is 11.8 Å². The van der Waals surface area contributed by atoms with Crippen molar-refractivity contribution in [2.75, 3.05) is 12.3 Å². The number of benzene rings is 2. The van der Waals surface area contributed by atoms with Crippen LogP contribution in [-0.2, 0) is 21.9 Å². The SMILES string of the molecule is CCNC(=O)[C@H](CC)N(Cc1ccccc1C)C(=O)CSCc1ccc([N+](=O)[O-])cc1. The average Bonchev–Trinajstić information content (AvgIpc) is 2.75. The predicted molar refractivity (Wildman–Crippen MR) is 124 cm³/mol. The fraction of sp³-hybridized carbons (Fsp3) is 0.391. The fourth-order valence-corrected chi connectivity index (χ4v) is 4.11. The number of nitrogens with one attached hydrogen (secondary N) is 1. The second-order valence-electron chi connectivity index (χ2n) is 7.18. The largest absolute Gasteiger partial charge is 0.355 e. The molecule has 2 amide bonds. The van der Waals surface area contributed by atoms with Crippen molar-refractivity contribution in [1.82, 2.24) is 10.2 Å². The summed E-state index contributed by atoms with van der Waals surface area (Å²) in [6.07, 6.45) is 0.524. The molecular formula is C23H29N3O4S. The molecule has 0 radical (unpaired) electrons. The zero-order valence-corrected chi connectivity index (χ0v) is 19.0. The lowest BCUT2D eigenvalue weighted by atomic mass is 10.1. The maximum absolute atomic E-state index is 13.1. The third-order valence-electron chi connectivity index (χ3n) is 4.98. The number of amides is 2. The number of non-ortho nitro benzene ring substituents is 1. The highest BCUT2D eigenvalue weighted by Crippen LogP contribution is 2.20. The molecule has 0 heterocycles. The number of aryl methyl sites for hydroxylation is 1. The van der Waals surface area contributed by atoms with E-state index in [4.69, 9.17) is 0 Å². The van der Waals surface area contributed by atoms with E-state index in [2.05, 4.69) is 5.32 Å². The van der Waals surface area contributed by atoms with Crippen molar-refractivity contribution in [3.8, 4) is 0 Å². The number of rotatable bonds is 11. The van der Waals surface area contributed by atoms with E-state index in [1.165, 1.54) is 23.9 Å². The highest BCUT2D eigenvalue weighted by molar-refractivity contribution is 7.99. The number of hydrogen-bond acceptors (Lipinski definition) is 5. The monoisotopic (exact) mass is 443 g/mol. The molecule has 0 saturated heterocycles.